The van der Waals surface area contributed by atoms with E-state index >= 15 is 0 Å². The van der Waals surface area contributed by atoms with Gasteiger partial charge in [-0.15, -0.1) is 0 Å². The van der Waals surface area contributed by atoms with Crippen molar-refractivity contribution in [1.82, 2.24) is 0 Å². The van der Waals surface area contributed by atoms with Crippen LogP contribution >= 0.6 is 0 Å². The van der Waals surface area contributed by atoms with Gasteiger partial charge in [0.05, 0.1) is 5.69 Å². The van der Waals surface area contributed by atoms with E-state index in [1.165, 1.54) is 35.4 Å². The van der Waals surface area contributed by atoms with E-state index < -0.39 is 0 Å². The SMILES string of the molecule is CCCC(C)c1c(C)ccc2c1C(C)(C)C(C)=N2. The second-order valence-electron chi connectivity index (χ2n) is 6.20. The van der Waals surface area contributed by atoms with E-state index in [0.717, 1.165) is 0 Å². The smallest absolute Gasteiger partial charge is 0.0673 e. The van der Waals surface area contributed by atoms with Crippen LogP contribution in [0.3, 0.4) is 0 Å². The predicted octanol–water partition coefficient (Wildman–Crippen LogP) is 5.28. The molecule has 0 N–H and O–H groups in total. The molecule has 0 saturated carbocycles. The van der Waals surface area contributed by atoms with Gasteiger partial charge in [-0.25, -0.2) is 0 Å². The van der Waals surface area contributed by atoms with Crippen LogP contribution in [-0.4, -0.2) is 5.71 Å². The summed E-state index contributed by atoms with van der Waals surface area (Å²) in [7, 11) is 0. The summed E-state index contributed by atoms with van der Waals surface area (Å²) in [5.41, 5.74) is 6.97. The van der Waals surface area contributed by atoms with Gasteiger partial charge in [-0.2, -0.15) is 0 Å². The Morgan fingerprint density at radius 3 is 2.50 bits per heavy atom. The topological polar surface area (TPSA) is 12.4 Å². The molecule has 1 heteroatoms. The monoisotopic (exact) mass is 243 g/mol. The molecule has 2 rings (SSSR count). The van der Waals surface area contributed by atoms with Crippen molar-refractivity contribution in [2.24, 2.45) is 4.99 Å². The Labute approximate surface area is 111 Å². The first kappa shape index (κ1) is 13.3. The van der Waals surface area contributed by atoms with Gasteiger partial charge < -0.3 is 0 Å². The number of aliphatic imine (C=N–C) groups is 1. The number of hydrogen-bond acceptors (Lipinski definition) is 1. The molecule has 18 heavy (non-hydrogen) atoms. The molecule has 1 atom stereocenters. The highest BCUT2D eigenvalue weighted by atomic mass is 14.8. The van der Waals surface area contributed by atoms with Crippen LogP contribution in [0.2, 0.25) is 0 Å². The molecule has 98 valence electrons. The van der Waals surface area contributed by atoms with Gasteiger partial charge >= 0.3 is 0 Å². The Kier molecular flexibility index (Phi) is 3.35. The number of benzene rings is 1. The van der Waals surface area contributed by atoms with Crippen molar-refractivity contribution in [1.29, 1.82) is 0 Å². The molecule has 0 aromatic heterocycles. The lowest BCUT2D eigenvalue weighted by atomic mass is 9.75. The van der Waals surface area contributed by atoms with E-state index in [1.54, 1.807) is 5.56 Å². The summed E-state index contributed by atoms with van der Waals surface area (Å²) < 4.78 is 0. The van der Waals surface area contributed by atoms with Gasteiger partial charge in [0.15, 0.2) is 0 Å². The van der Waals surface area contributed by atoms with Crippen LogP contribution in [0.15, 0.2) is 17.1 Å². The zero-order chi connectivity index (χ0) is 13.5. The molecular weight excluding hydrogens is 218 g/mol. The van der Waals surface area contributed by atoms with Crippen molar-refractivity contribution in [2.45, 2.75) is 65.7 Å². The minimum Gasteiger partial charge on any atom is -0.257 e. The van der Waals surface area contributed by atoms with Crippen molar-refractivity contribution in [3.63, 3.8) is 0 Å². The summed E-state index contributed by atoms with van der Waals surface area (Å²) in [6.45, 7) is 13.6. The Morgan fingerprint density at radius 2 is 1.89 bits per heavy atom. The summed E-state index contributed by atoms with van der Waals surface area (Å²) in [5, 5.41) is 0. The highest BCUT2D eigenvalue weighted by Gasteiger charge is 2.35. The molecule has 0 saturated heterocycles. The van der Waals surface area contributed by atoms with Crippen molar-refractivity contribution in [3.05, 3.63) is 28.8 Å². The molecule has 1 aliphatic heterocycles. The summed E-state index contributed by atoms with van der Waals surface area (Å²) in [4.78, 5) is 4.77. The zero-order valence-corrected chi connectivity index (χ0v) is 12.6. The lowest BCUT2D eigenvalue weighted by Gasteiger charge is -2.27. The zero-order valence-electron chi connectivity index (χ0n) is 12.6. The third kappa shape index (κ3) is 1.90. The molecule has 1 aliphatic rings. The van der Waals surface area contributed by atoms with Crippen LogP contribution in [0.25, 0.3) is 0 Å². The summed E-state index contributed by atoms with van der Waals surface area (Å²) >= 11 is 0. The molecule has 1 unspecified atom stereocenters. The number of fused-ring (bicyclic) bond motifs is 1. The summed E-state index contributed by atoms with van der Waals surface area (Å²) in [6, 6.07) is 4.42. The third-order valence-corrected chi connectivity index (χ3v) is 4.47. The Bertz CT molecular complexity index is 495. The first-order valence-corrected chi connectivity index (χ1v) is 7.09. The average molecular weight is 243 g/mol. The number of rotatable bonds is 3. The molecule has 0 aliphatic carbocycles. The third-order valence-electron chi connectivity index (χ3n) is 4.47. The van der Waals surface area contributed by atoms with Gasteiger partial charge in [0.1, 0.15) is 0 Å². The molecule has 0 radical (unpaired) electrons. The van der Waals surface area contributed by atoms with E-state index in [4.69, 9.17) is 4.99 Å². The van der Waals surface area contributed by atoms with Gasteiger partial charge in [-0.05, 0) is 48.9 Å². The maximum absolute atomic E-state index is 4.77. The normalized spacial score (nSPS) is 18.4. The van der Waals surface area contributed by atoms with Crippen LogP contribution in [0.1, 0.15) is 70.1 Å². The first-order chi connectivity index (χ1) is 8.39. The Balaban J connectivity index is 2.61. The standard InChI is InChI=1S/C17H25N/c1-7-8-11(2)15-12(3)9-10-14-16(15)17(5,6)13(4)18-14/h9-11H,7-8H2,1-6H3. The Morgan fingerprint density at radius 1 is 1.22 bits per heavy atom. The Hall–Kier alpha value is -1.11. The van der Waals surface area contributed by atoms with Crippen molar-refractivity contribution in [2.75, 3.05) is 0 Å². The largest absolute Gasteiger partial charge is 0.257 e. The van der Waals surface area contributed by atoms with Crippen LogP contribution in [-0.2, 0) is 5.41 Å². The van der Waals surface area contributed by atoms with Crippen LogP contribution in [0.4, 0.5) is 5.69 Å². The molecule has 0 fully saturated rings. The molecular formula is C17H25N. The molecule has 0 spiro atoms. The van der Waals surface area contributed by atoms with Gasteiger partial charge in [-0.3, -0.25) is 4.99 Å². The lowest BCUT2D eigenvalue weighted by molar-refractivity contribution is 0.633. The van der Waals surface area contributed by atoms with Crippen LogP contribution < -0.4 is 0 Å². The van der Waals surface area contributed by atoms with E-state index in [-0.39, 0.29) is 5.41 Å². The van der Waals surface area contributed by atoms with Crippen LogP contribution in [0, 0.1) is 6.92 Å². The quantitative estimate of drug-likeness (QED) is 0.684. The minimum absolute atomic E-state index is 0.0959. The van der Waals surface area contributed by atoms with E-state index in [0.29, 0.717) is 5.92 Å². The number of aryl methyl sites for hydroxylation is 1. The summed E-state index contributed by atoms with van der Waals surface area (Å²) in [6.07, 6.45) is 2.50. The van der Waals surface area contributed by atoms with Crippen molar-refractivity contribution < 1.29 is 0 Å². The first-order valence-electron chi connectivity index (χ1n) is 7.09. The maximum atomic E-state index is 4.77. The molecule has 1 nitrogen and oxygen atoms in total. The number of hydrogen-bond donors (Lipinski definition) is 0. The lowest BCUT2D eigenvalue weighted by Crippen LogP contribution is -2.25. The van der Waals surface area contributed by atoms with Gasteiger partial charge in [-0.1, -0.05) is 40.2 Å². The predicted molar refractivity (Wildman–Crippen MR) is 80.3 cm³/mol. The average Bonchev–Trinajstić information content (AvgIpc) is 2.51. The highest BCUT2D eigenvalue weighted by Crippen LogP contribution is 2.45. The maximum Gasteiger partial charge on any atom is 0.0673 e. The fourth-order valence-corrected chi connectivity index (χ4v) is 3.18. The van der Waals surface area contributed by atoms with Crippen molar-refractivity contribution >= 4 is 11.4 Å². The number of nitrogens with zero attached hydrogens (tertiary/aromatic N) is 1. The molecule has 1 aromatic rings. The van der Waals surface area contributed by atoms with E-state index in [9.17, 15) is 0 Å². The second-order valence-corrected chi connectivity index (χ2v) is 6.20. The van der Waals surface area contributed by atoms with Gasteiger partial charge in [0.2, 0.25) is 0 Å². The fourth-order valence-electron chi connectivity index (χ4n) is 3.18. The van der Waals surface area contributed by atoms with E-state index in [2.05, 4.69) is 53.7 Å². The fraction of sp³-hybridized carbons (Fsp3) is 0.588. The molecule has 1 aromatic carbocycles. The van der Waals surface area contributed by atoms with Crippen molar-refractivity contribution in [3.8, 4) is 0 Å². The van der Waals surface area contributed by atoms with Gasteiger partial charge in [0.25, 0.3) is 0 Å². The molecule has 0 bridgehead atoms. The van der Waals surface area contributed by atoms with E-state index in [1.807, 2.05) is 0 Å². The highest BCUT2D eigenvalue weighted by molar-refractivity contribution is 6.00. The van der Waals surface area contributed by atoms with Gasteiger partial charge in [0, 0.05) is 11.1 Å². The molecule has 0 amide bonds. The second kappa shape index (κ2) is 4.53. The van der Waals surface area contributed by atoms with Crippen LogP contribution in [0.5, 0.6) is 0 Å². The summed E-state index contributed by atoms with van der Waals surface area (Å²) in [5.74, 6) is 0.630. The molecule has 1 heterocycles. The minimum atomic E-state index is 0.0959.